The predicted octanol–water partition coefficient (Wildman–Crippen LogP) is 4.28. The van der Waals surface area contributed by atoms with Gasteiger partial charge in [-0.1, -0.05) is 45.0 Å². The maximum atomic E-state index is 11.9. The SMILES string of the molecule is CN(C)CCN(C)c1sc(C(=O)O)c(-c2ccc(C(C)(C)C)cc2)c1C#N. The molecule has 0 saturated heterocycles. The first-order chi connectivity index (χ1) is 12.6. The number of rotatable bonds is 6. The molecule has 0 aliphatic heterocycles. The number of thiophene rings is 1. The molecule has 0 unspecified atom stereocenters. The van der Waals surface area contributed by atoms with Crippen LogP contribution in [0.3, 0.4) is 0 Å². The highest BCUT2D eigenvalue weighted by atomic mass is 32.1. The second kappa shape index (κ2) is 8.12. The molecule has 2 rings (SSSR count). The number of nitriles is 1. The van der Waals surface area contributed by atoms with Crippen molar-refractivity contribution in [1.29, 1.82) is 5.26 Å². The summed E-state index contributed by atoms with van der Waals surface area (Å²) in [6.45, 7) is 7.93. The van der Waals surface area contributed by atoms with Gasteiger partial charge >= 0.3 is 5.97 Å². The van der Waals surface area contributed by atoms with E-state index in [4.69, 9.17) is 0 Å². The normalized spacial score (nSPS) is 11.5. The summed E-state index contributed by atoms with van der Waals surface area (Å²) in [6, 6.07) is 10.1. The number of carboxylic acids is 1. The van der Waals surface area contributed by atoms with E-state index in [2.05, 4.69) is 31.7 Å². The van der Waals surface area contributed by atoms with E-state index in [1.54, 1.807) is 0 Å². The van der Waals surface area contributed by atoms with Crippen molar-refractivity contribution in [3.63, 3.8) is 0 Å². The topological polar surface area (TPSA) is 67.6 Å². The highest BCUT2D eigenvalue weighted by Gasteiger charge is 2.26. The Kier molecular flexibility index (Phi) is 6.30. The third-order valence-electron chi connectivity index (χ3n) is 4.46. The number of carboxylic acid groups (broad SMARTS) is 1. The predicted molar refractivity (Wildman–Crippen MR) is 112 cm³/mol. The van der Waals surface area contributed by atoms with Gasteiger partial charge in [0.05, 0.1) is 5.56 Å². The first-order valence-corrected chi connectivity index (χ1v) is 9.65. The molecule has 0 atom stereocenters. The van der Waals surface area contributed by atoms with E-state index < -0.39 is 5.97 Å². The molecular formula is C21H27N3O2S. The summed E-state index contributed by atoms with van der Waals surface area (Å²) >= 11 is 1.17. The van der Waals surface area contributed by atoms with Gasteiger partial charge in [-0.15, -0.1) is 11.3 Å². The minimum Gasteiger partial charge on any atom is -0.477 e. The van der Waals surface area contributed by atoms with E-state index in [0.29, 0.717) is 22.7 Å². The van der Waals surface area contributed by atoms with Crippen molar-refractivity contribution >= 4 is 22.3 Å². The van der Waals surface area contributed by atoms with Crippen LogP contribution in [0.25, 0.3) is 11.1 Å². The summed E-state index contributed by atoms with van der Waals surface area (Å²) in [5.74, 6) is -1.00. The van der Waals surface area contributed by atoms with Gasteiger partial charge in [-0.2, -0.15) is 5.26 Å². The average molecular weight is 386 g/mol. The Hall–Kier alpha value is -2.36. The zero-order chi connectivity index (χ0) is 20.4. The standard InChI is InChI=1S/C21H27N3O2S/c1-21(2,3)15-9-7-14(8-10-15)17-16(13-22)19(27-18(17)20(25)26)24(6)12-11-23(4)5/h7-10H,11-12H2,1-6H3,(H,25,26). The van der Waals surface area contributed by atoms with Crippen LogP contribution in [0.1, 0.15) is 41.6 Å². The van der Waals surface area contributed by atoms with E-state index in [1.165, 1.54) is 16.9 Å². The number of carbonyl (C=O) groups is 1. The third kappa shape index (κ3) is 4.68. The maximum Gasteiger partial charge on any atom is 0.346 e. The van der Waals surface area contributed by atoms with Crippen molar-refractivity contribution in [2.24, 2.45) is 0 Å². The lowest BCUT2D eigenvalue weighted by molar-refractivity contribution is 0.0703. The Morgan fingerprint density at radius 1 is 1.15 bits per heavy atom. The largest absolute Gasteiger partial charge is 0.477 e. The molecule has 1 aromatic heterocycles. The highest BCUT2D eigenvalue weighted by molar-refractivity contribution is 7.18. The maximum absolute atomic E-state index is 11.9. The molecule has 5 nitrogen and oxygen atoms in total. The molecule has 0 saturated carbocycles. The van der Waals surface area contributed by atoms with Crippen LogP contribution in [-0.4, -0.2) is 50.2 Å². The molecule has 0 amide bonds. The van der Waals surface area contributed by atoms with E-state index in [9.17, 15) is 15.2 Å². The number of nitrogens with zero attached hydrogens (tertiary/aromatic N) is 3. The second-order valence-corrected chi connectivity index (χ2v) is 8.95. The van der Waals surface area contributed by atoms with Gasteiger partial charge < -0.3 is 14.9 Å². The van der Waals surface area contributed by atoms with Gasteiger partial charge in [0.25, 0.3) is 0 Å². The number of hydrogen-bond donors (Lipinski definition) is 1. The molecule has 0 fully saturated rings. The molecule has 2 aromatic rings. The zero-order valence-corrected chi connectivity index (χ0v) is 17.6. The fourth-order valence-electron chi connectivity index (χ4n) is 2.81. The molecule has 0 aliphatic carbocycles. The molecule has 1 N–H and O–H groups in total. The van der Waals surface area contributed by atoms with Gasteiger partial charge in [0.1, 0.15) is 15.9 Å². The third-order valence-corrected chi connectivity index (χ3v) is 5.76. The van der Waals surface area contributed by atoms with Gasteiger partial charge in [0.2, 0.25) is 0 Å². The Bertz CT molecular complexity index is 855. The minimum absolute atomic E-state index is 0.0123. The van der Waals surface area contributed by atoms with Crippen LogP contribution in [0.2, 0.25) is 0 Å². The summed E-state index contributed by atoms with van der Waals surface area (Å²) in [4.78, 5) is 16.1. The van der Waals surface area contributed by atoms with Crippen LogP contribution in [-0.2, 0) is 5.41 Å². The van der Waals surface area contributed by atoms with Crippen molar-refractivity contribution < 1.29 is 9.90 Å². The molecule has 1 heterocycles. The first-order valence-electron chi connectivity index (χ1n) is 8.83. The van der Waals surface area contributed by atoms with E-state index in [0.717, 1.165) is 12.1 Å². The molecule has 0 aliphatic rings. The molecular weight excluding hydrogens is 358 g/mol. The van der Waals surface area contributed by atoms with E-state index >= 15 is 0 Å². The van der Waals surface area contributed by atoms with Crippen LogP contribution in [0.15, 0.2) is 24.3 Å². The lowest BCUT2D eigenvalue weighted by Crippen LogP contribution is -2.28. The van der Waals surface area contributed by atoms with E-state index in [1.807, 2.05) is 50.3 Å². The van der Waals surface area contributed by atoms with Gasteiger partial charge in [-0.05, 0) is 30.6 Å². The highest BCUT2D eigenvalue weighted by Crippen LogP contribution is 2.42. The van der Waals surface area contributed by atoms with E-state index in [-0.39, 0.29) is 10.3 Å². The fourth-order valence-corrected chi connectivity index (χ4v) is 3.91. The van der Waals surface area contributed by atoms with Crippen molar-refractivity contribution in [1.82, 2.24) is 4.90 Å². The van der Waals surface area contributed by atoms with Gasteiger partial charge in [-0.3, -0.25) is 0 Å². The van der Waals surface area contributed by atoms with Crippen LogP contribution in [0.4, 0.5) is 5.00 Å². The summed E-state index contributed by atoms with van der Waals surface area (Å²) in [5, 5.41) is 20.2. The Morgan fingerprint density at radius 3 is 2.19 bits per heavy atom. The molecule has 1 aromatic carbocycles. The van der Waals surface area contributed by atoms with Crippen LogP contribution >= 0.6 is 11.3 Å². The number of likely N-dealkylation sites (N-methyl/N-ethyl adjacent to an activating group) is 2. The average Bonchev–Trinajstić information content (AvgIpc) is 2.98. The molecule has 6 heteroatoms. The van der Waals surface area contributed by atoms with Crippen molar-refractivity contribution in [3.8, 4) is 17.2 Å². The zero-order valence-electron chi connectivity index (χ0n) is 16.8. The monoisotopic (exact) mass is 385 g/mol. The quantitative estimate of drug-likeness (QED) is 0.804. The lowest BCUT2D eigenvalue weighted by Gasteiger charge is -2.20. The van der Waals surface area contributed by atoms with Crippen LogP contribution < -0.4 is 4.90 Å². The minimum atomic E-state index is -1.00. The molecule has 0 radical (unpaired) electrons. The molecule has 27 heavy (non-hydrogen) atoms. The van der Waals surface area contributed by atoms with Gasteiger partial charge in [-0.25, -0.2) is 4.79 Å². The first kappa shape index (κ1) is 20.9. The summed E-state index contributed by atoms with van der Waals surface area (Å²) < 4.78 is 0. The van der Waals surface area contributed by atoms with Crippen LogP contribution in [0, 0.1) is 11.3 Å². The fraction of sp³-hybridized carbons (Fsp3) is 0.429. The Labute approximate surface area is 165 Å². The molecule has 0 bridgehead atoms. The second-order valence-electron chi connectivity index (χ2n) is 7.96. The number of hydrogen-bond acceptors (Lipinski definition) is 5. The number of benzene rings is 1. The van der Waals surface area contributed by atoms with Crippen LogP contribution in [0.5, 0.6) is 0 Å². The number of anilines is 1. The summed E-state index contributed by atoms with van der Waals surface area (Å²) in [5.41, 5.74) is 2.89. The van der Waals surface area contributed by atoms with Gasteiger partial charge in [0.15, 0.2) is 0 Å². The summed E-state index contributed by atoms with van der Waals surface area (Å²) in [6.07, 6.45) is 0. The van der Waals surface area contributed by atoms with Crippen molar-refractivity contribution in [2.75, 3.05) is 39.1 Å². The lowest BCUT2D eigenvalue weighted by atomic mass is 9.86. The molecule has 0 spiro atoms. The molecule has 144 valence electrons. The van der Waals surface area contributed by atoms with Gasteiger partial charge in [0, 0.05) is 25.7 Å². The van der Waals surface area contributed by atoms with Crippen molar-refractivity contribution in [2.45, 2.75) is 26.2 Å². The smallest absolute Gasteiger partial charge is 0.346 e. The Morgan fingerprint density at radius 2 is 1.74 bits per heavy atom. The number of aromatic carboxylic acids is 1. The van der Waals surface area contributed by atoms with Crippen molar-refractivity contribution in [3.05, 3.63) is 40.3 Å². The summed E-state index contributed by atoms with van der Waals surface area (Å²) in [7, 11) is 5.87. The Balaban J connectivity index is 2.55.